The smallest absolute Gasteiger partial charge is 0.295 e. The van der Waals surface area contributed by atoms with E-state index in [-0.39, 0.29) is 36.9 Å². The van der Waals surface area contributed by atoms with Crippen LogP contribution in [0.4, 0.5) is 4.39 Å². The number of carbonyl (C=O) groups excluding carboxylic acids is 2. The molecule has 36 heavy (non-hydrogen) atoms. The van der Waals surface area contributed by atoms with E-state index in [1.54, 1.807) is 48.5 Å². The molecule has 3 aromatic rings. The Labute approximate surface area is 209 Å². The Balaban J connectivity index is 1.67. The van der Waals surface area contributed by atoms with E-state index >= 15 is 0 Å². The number of hydrogen-bond acceptors (Lipinski definition) is 5. The highest BCUT2D eigenvalue weighted by molar-refractivity contribution is 6.46. The number of aliphatic hydroxyl groups excluding tert-OH is 1. The number of aliphatic hydroxyl groups is 1. The number of likely N-dealkylation sites (tertiary alicyclic amines) is 1. The van der Waals surface area contributed by atoms with Gasteiger partial charge in [-0.1, -0.05) is 36.4 Å². The van der Waals surface area contributed by atoms with E-state index in [2.05, 4.69) is 0 Å². The van der Waals surface area contributed by atoms with Gasteiger partial charge in [0, 0.05) is 19.2 Å². The minimum Gasteiger partial charge on any atom is -0.507 e. The summed E-state index contributed by atoms with van der Waals surface area (Å²) in [4.78, 5) is 27.4. The van der Waals surface area contributed by atoms with Gasteiger partial charge in [-0.15, -0.1) is 0 Å². The van der Waals surface area contributed by atoms with Gasteiger partial charge < -0.3 is 19.5 Å². The van der Waals surface area contributed by atoms with Crippen molar-refractivity contribution in [3.8, 4) is 5.75 Å². The molecule has 186 valence electrons. The number of amides is 1. The number of ketones is 1. The standard InChI is InChI=1S/C29H28FNO5/c1-18-4-7-22(16-19(18)2)27(32)25-26(31(14-15-35-3)29(34)28(25)33)21-8-12-24(13-9-21)36-17-20-5-10-23(30)11-6-20/h4-13,16,26,32H,14-15,17H2,1-3H3/b27-25-. The Morgan fingerprint density at radius 2 is 1.67 bits per heavy atom. The fourth-order valence-corrected chi connectivity index (χ4v) is 4.18. The van der Waals surface area contributed by atoms with Crippen LogP contribution < -0.4 is 4.74 Å². The molecule has 1 unspecified atom stereocenters. The average molecular weight is 490 g/mol. The number of nitrogens with zero attached hydrogens (tertiary/aromatic N) is 1. The molecule has 1 atom stereocenters. The van der Waals surface area contributed by atoms with E-state index in [0.29, 0.717) is 16.9 Å². The molecule has 0 saturated carbocycles. The number of hydrogen-bond donors (Lipinski definition) is 1. The molecule has 1 saturated heterocycles. The van der Waals surface area contributed by atoms with Gasteiger partial charge in [0.05, 0.1) is 18.2 Å². The van der Waals surface area contributed by atoms with Crippen LogP contribution in [-0.2, 0) is 20.9 Å². The predicted octanol–water partition coefficient (Wildman–Crippen LogP) is 5.09. The molecule has 0 aromatic heterocycles. The highest BCUT2D eigenvalue weighted by Gasteiger charge is 2.45. The summed E-state index contributed by atoms with van der Waals surface area (Å²) in [5.41, 5.74) is 4.02. The zero-order valence-electron chi connectivity index (χ0n) is 20.5. The van der Waals surface area contributed by atoms with E-state index in [0.717, 1.165) is 16.7 Å². The molecule has 3 aromatic carbocycles. The van der Waals surface area contributed by atoms with Crippen molar-refractivity contribution in [1.29, 1.82) is 0 Å². The lowest BCUT2D eigenvalue weighted by molar-refractivity contribution is -0.140. The predicted molar refractivity (Wildman–Crippen MR) is 134 cm³/mol. The van der Waals surface area contributed by atoms with E-state index in [1.807, 2.05) is 19.9 Å². The van der Waals surface area contributed by atoms with E-state index in [1.165, 1.54) is 24.1 Å². The van der Waals surface area contributed by atoms with Crippen molar-refractivity contribution >= 4 is 17.4 Å². The second kappa shape index (κ2) is 10.7. The summed E-state index contributed by atoms with van der Waals surface area (Å²) < 4.78 is 24.1. The van der Waals surface area contributed by atoms with E-state index < -0.39 is 17.7 Å². The highest BCUT2D eigenvalue weighted by atomic mass is 19.1. The molecule has 6 nitrogen and oxygen atoms in total. The zero-order chi connectivity index (χ0) is 25.8. The zero-order valence-corrected chi connectivity index (χ0v) is 20.5. The Morgan fingerprint density at radius 3 is 2.31 bits per heavy atom. The van der Waals surface area contributed by atoms with Crippen LogP contribution in [0.25, 0.3) is 5.76 Å². The second-order valence-electron chi connectivity index (χ2n) is 8.77. The maximum atomic E-state index is 13.1. The lowest BCUT2D eigenvalue weighted by Gasteiger charge is -2.25. The molecule has 1 N–H and O–H groups in total. The molecular weight excluding hydrogens is 461 g/mol. The first-order valence-electron chi connectivity index (χ1n) is 11.6. The minimum absolute atomic E-state index is 0.0411. The number of methoxy groups -OCH3 is 1. The van der Waals surface area contributed by atoms with Crippen LogP contribution in [-0.4, -0.2) is 42.0 Å². The first-order chi connectivity index (χ1) is 17.3. The molecule has 1 amide bonds. The molecule has 1 aliphatic rings. The van der Waals surface area contributed by atoms with Crippen LogP contribution in [0.1, 0.15) is 33.9 Å². The van der Waals surface area contributed by atoms with E-state index in [9.17, 15) is 19.1 Å². The minimum atomic E-state index is -0.770. The third kappa shape index (κ3) is 5.16. The number of benzene rings is 3. The first-order valence-corrected chi connectivity index (χ1v) is 11.6. The molecule has 7 heteroatoms. The van der Waals surface area contributed by atoms with Crippen molar-refractivity contribution in [2.75, 3.05) is 20.3 Å². The summed E-state index contributed by atoms with van der Waals surface area (Å²) in [6.07, 6.45) is 0. The summed E-state index contributed by atoms with van der Waals surface area (Å²) in [7, 11) is 1.52. The third-order valence-electron chi connectivity index (χ3n) is 6.37. The number of ether oxygens (including phenoxy) is 2. The summed E-state index contributed by atoms with van der Waals surface area (Å²) >= 11 is 0. The second-order valence-corrected chi connectivity index (χ2v) is 8.77. The number of Topliss-reactive ketones (excluding diaryl/α,β-unsaturated/α-hetero) is 1. The Bertz CT molecular complexity index is 1300. The van der Waals surface area contributed by atoms with Gasteiger partial charge in [0.2, 0.25) is 0 Å². The maximum absolute atomic E-state index is 13.1. The lowest BCUT2D eigenvalue weighted by Crippen LogP contribution is -2.32. The molecule has 0 radical (unpaired) electrons. The van der Waals surface area contributed by atoms with Gasteiger partial charge >= 0.3 is 0 Å². The number of carbonyl (C=O) groups is 2. The van der Waals surface area contributed by atoms with Crippen molar-refractivity contribution in [2.45, 2.75) is 26.5 Å². The number of halogens is 1. The average Bonchev–Trinajstić information content (AvgIpc) is 3.13. The fraction of sp³-hybridized carbons (Fsp3) is 0.241. The van der Waals surface area contributed by atoms with Crippen molar-refractivity contribution in [3.63, 3.8) is 0 Å². The topological polar surface area (TPSA) is 76.1 Å². The molecule has 0 aliphatic carbocycles. The normalized spacial score (nSPS) is 17.0. The molecule has 4 rings (SSSR count). The molecule has 0 bridgehead atoms. The van der Waals surface area contributed by atoms with Crippen molar-refractivity contribution in [2.24, 2.45) is 0 Å². The summed E-state index contributed by atoms with van der Waals surface area (Å²) in [5.74, 6) is -1.36. The van der Waals surface area contributed by atoms with Gasteiger partial charge in [0.1, 0.15) is 23.9 Å². The van der Waals surface area contributed by atoms with Crippen LogP contribution in [0, 0.1) is 19.7 Å². The van der Waals surface area contributed by atoms with Crippen molar-refractivity contribution in [1.82, 2.24) is 4.90 Å². The third-order valence-corrected chi connectivity index (χ3v) is 6.37. The molecule has 1 heterocycles. The quantitative estimate of drug-likeness (QED) is 0.271. The van der Waals surface area contributed by atoms with Gasteiger partial charge in [-0.05, 0) is 66.4 Å². The van der Waals surface area contributed by atoms with Gasteiger partial charge in [-0.2, -0.15) is 0 Å². The summed E-state index contributed by atoms with van der Waals surface area (Å²) in [6.45, 7) is 4.58. The summed E-state index contributed by atoms with van der Waals surface area (Å²) in [5, 5.41) is 11.2. The monoisotopic (exact) mass is 489 g/mol. The molecule has 0 spiro atoms. The number of rotatable bonds is 8. The van der Waals surface area contributed by atoms with Crippen LogP contribution in [0.5, 0.6) is 5.75 Å². The molecular formula is C29H28FNO5. The van der Waals surface area contributed by atoms with E-state index in [4.69, 9.17) is 9.47 Å². The van der Waals surface area contributed by atoms with Gasteiger partial charge in [-0.3, -0.25) is 9.59 Å². The van der Waals surface area contributed by atoms with Gasteiger partial charge in [-0.25, -0.2) is 4.39 Å². The Morgan fingerprint density at radius 1 is 0.972 bits per heavy atom. The largest absolute Gasteiger partial charge is 0.507 e. The van der Waals surface area contributed by atoms with Crippen molar-refractivity contribution in [3.05, 3.63) is 106 Å². The maximum Gasteiger partial charge on any atom is 0.295 e. The van der Waals surface area contributed by atoms with Crippen LogP contribution >= 0.6 is 0 Å². The van der Waals surface area contributed by atoms with Crippen LogP contribution in [0.3, 0.4) is 0 Å². The molecule has 1 aliphatic heterocycles. The highest BCUT2D eigenvalue weighted by Crippen LogP contribution is 2.39. The lowest BCUT2D eigenvalue weighted by atomic mass is 9.94. The summed E-state index contributed by atoms with van der Waals surface area (Å²) in [6, 6.07) is 17.7. The van der Waals surface area contributed by atoms with Crippen LogP contribution in [0.2, 0.25) is 0 Å². The van der Waals surface area contributed by atoms with Gasteiger partial charge in [0.15, 0.2) is 0 Å². The number of aryl methyl sites for hydroxylation is 2. The van der Waals surface area contributed by atoms with Gasteiger partial charge in [0.25, 0.3) is 11.7 Å². The molecule has 1 fully saturated rings. The first kappa shape index (κ1) is 25.1. The van der Waals surface area contributed by atoms with Crippen LogP contribution in [0.15, 0.2) is 72.3 Å². The van der Waals surface area contributed by atoms with Crippen molar-refractivity contribution < 1.29 is 28.6 Å². The fourth-order valence-electron chi connectivity index (χ4n) is 4.18. The SMILES string of the molecule is COCCN1C(=O)C(=O)/C(=C(\O)c2ccc(C)c(C)c2)C1c1ccc(OCc2ccc(F)cc2)cc1. The Hall–Kier alpha value is -3.97. The Kier molecular flexibility index (Phi) is 7.50.